The van der Waals surface area contributed by atoms with Gasteiger partial charge in [-0.1, -0.05) is 0 Å². The van der Waals surface area contributed by atoms with Crippen LogP contribution < -0.4 is 0 Å². The summed E-state index contributed by atoms with van der Waals surface area (Å²) >= 11 is 0. The summed E-state index contributed by atoms with van der Waals surface area (Å²) in [5, 5.41) is 0. The molecule has 0 N–H and O–H groups in total. The lowest BCUT2D eigenvalue weighted by Gasteiger charge is -2.35. The van der Waals surface area contributed by atoms with Gasteiger partial charge < -0.3 is 22.4 Å². The van der Waals surface area contributed by atoms with Crippen molar-refractivity contribution in [3.8, 4) is 0 Å². The minimum Gasteiger partial charge on any atom is -0.415 e. The molecule has 17 heavy (non-hydrogen) atoms. The Balaban J connectivity index is 4.47. The van der Waals surface area contributed by atoms with Gasteiger partial charge in [0, 0.05) is 53.7 Å². The van der Waals surface area contributed by atoms with Gasteiger partial charge in [-0.2, -0.15) is 0 Å². The van der Waals surface area contributed by atoms with Crippen molar-refractivity contribution >= 4 is 17.1 Å². The molecule has 0 bridgehead atoms. The molecule has 0 amide bonds. The zero-order valence-corrected chi connectivity index (χ0v) is 13.9. The van der Waals surface area contributed by atoms with E-state index in [-0.39, 0.29) is 0 Å². The van der Waals surface area contributed by atoms with Gasteiger partial charge in [0.2, 0.25) is 0 Å². The summed E-state index contributed by atoms with van der Waals surface area (Å²) < 4.78 is 27.5. The van der Waals surface area contributed by atoms with Gasteiger partial charge in [0.15, 0.2) is 0 Å². The summed E-state index contributed by atoms with van der Waals surface area (Å²) in [6.45, 7) is 5.39. The molecule has 0 aromatic rings. The fourth-order valence-corrected chi connectivity index (χ4v) is 8.12. The number of rotatable bonds is 10. The fraction of sp³-hybridized carbons (Fsp3) is 1.00. The topological polar surface area (TPSA) is 46.2 Å². The third-order valence-electron chi connectivity index (χ3n) is 2.82. The minimum atomic E-state index is -2.19. The van der Waals surface area contributed by atoms with E-state index in [0.717, 1.165) is 12.1 Å². The third kappa shape index (κ3) is 6.65. The Bertz CT molecular complexity index is 187. The van der Waals surface area contributed by atoms with E-state index in [1.165, 1.54) is 0 Å². The van der Waals surface area contributed by atoms with Crippen molar-refractivity contribution in [1.29, 1.82) is 0 Å². The molecule has 0 aliphatic rings. The van der Waals surface area contributed by atoms with Gasteiger partial charge >= 0.3 is 17.1 Å². The molecule has 0 rings (SSSR count). The smallest absolute Gasteiger partial charge is 0.328 e. The van der Waals surface area contributed by atoms with Crippen LogP contribution >= 0.6 is 0 Å². The van der Waals surface area contributed by atoms with Crippen molar-refractivity contribution in [2.45, 2.75) is 25.2 Å². The first-order valence-corrected chi connectivity index (χ1v) is 10.8. The fourth-order valence-electron chi connectivity index (χ4n) is 1.42. The van der Waals surface area contributed by atoms with Crippen LogP contribution in [-0.2, 0) is 22.4 Å². The molecule has 5 nitrogen and oxygen atoms in total. The molecule has 104 valence electrons. The molecule has 0 spiro atoms. The molecule has 0 fully saturated rings. The Labute approximate surface area is 107 Å². The van der Waals surface area contributed by atoms with E-state index in [1.807, 2.05) is 13.1 Å². The average Bonchev–Trinajstić information content (AvgIpc) is 2.34. The first kappa shape index (κ1) is 17.2. The molecule has 0 heterocycles. The molecule has 0 aliphatic carbocycles. The van der Waals surface area contributed by atoms with E-state index in [2.05, 4.69) is 0 Å². The summed E-state index contributed by atoms with van der Waals surface area (Å²) in [5.41, 5.74) is 0. The molecule has 2 unspecified atom stereocenters. The molecular weight excluding hydrogens is 256 g/mol. The molecule has 0 saturated carbocycles. The number of hydrogen-bond acceptors (Lipinski definition) is 5. The monoisotopic (exact) mass is 282 g/mol. The van der Waals surface area contributed by atoms with Crippen LogP contribution in [0.2, 0.25) is 25.2 Å². The Morgan fingerprint density at radius 2 is 1.06 bits per heavy atom. The van der Waals surface area contributed by atoms with Gasteiger partial charge in [-0.3, -0.25) is 0 Å². The van der Waals surface area contributed by atoms with Gasteiger partial charge in [-0.25, -0.2) is 0 Å². The van der Waals surface area contributed by atoms with Gasteiger partial charge in [-0.05, 0) is 13.1 Å². The largest absolute Gasteiger partial charge is 0.415 e. The summed E-state index contributed by atoms with van der Waals surface area (Å²) in [4.78, 5) is 0. The minimum absolute atomic E-state index is 0.648. The molecule has 7 heteroatoms. The van der Waals surface area contributed by atoms with Gasteiger partial charge in [0.05, 0.1) is 0 Å². The SMILES string of the molecule is COCC[Si](C)(OC)O[Si](C)(CCOC)OC. The van der Waals surface area contributed by atoms with E-state index in [4.69, 9.17) is 22.4 Å². The van der Waals surface area contributed by atoms with E-state index in [9.17, 15) is 0 Å². The average molecular weight is 282 g/mol. The molecule has 0 radical (unpaired) electrons. The highest BCUT2D eigenvalue weighted by molar-refractivity contribution is 6.80. The highest BCUT2D eigenvalue weighted by Crippen LogP contribution is 2.22. The Morgan fingerprint density at radius 1 is 0.706 bits per heavy atom. The summed E-state index contributed by atoms with van der Waals surface area (Å²) in [6.07, 6.45) is 0. The lowest BCUT2D eigenvalue weighted by Crippen LogP contribution is -2.52. The van der Waals surface area contributed by atoms with Crippen LogP contribution in [0, 0.1) is 0 Å². The highest BCUT2D eigenvalue weighted by atomic mass is 28.5. The van der Waals surface area contributed by atoms with Gasteiger partial charge in [0.1, 0.15) is 0 Å². The summed E-state index contributed by atoms with van der Waals surface area (Å²) in [5.74, 6) is 0. The standard InChI is InChI=1S/C10H26O5Si2/c1-11-7-9-16(5,13-3)15-17(6,14-4)10-8-12-2/h7-10H2,1-6H3. The van der Waals surface area contributed by atoms with E-state index in [0.29, 0.717) is 13.2 Å². The van der Waals surface area contributed by atoms with Crippen LogP contribution in [0.3, 0.4) is 0 Å². The first-order valence-electron chi connectivity index (χ1n) is 5.73. The molecule has 0 aliphatic heterocycles. The van der Waals surface area contributed by atoms with Crippen molar-refractivity contribution in [2.75, 3.05) is 41.7 Å². The lowest BCUT2D eigenvalue weighted by atomic mass is 10.9. The second kappa shape index (κ2) is 8.36. The zero-order chi connectivity index (χ0) is 13.4. The predicted octanol–water partition coefficient (Wildman–Crippen LogP) is 1.73. The maximum atomic E-state index is 6.20. The maximum absolute atomic E-state index is 6.20. The molecule has 0 aromatic heterocycles. The van der Waals surface area contributed by atoms with Crippen molar-refractivity contribution in [1.82, 2.24) is 0 Å². The zero-order valence-electron chi connectivity index (χ0n) is 11.9. The second-order valence-corrected chi connectivity index (χ2v) is 11.4. The Kier molecular flexibility index (Phi) is 8.47. The Morgan fingerprint density at radius 3 is 1.29 bits per heavy atom. The number of ether oxygens (including phenoxy) is 2. The maximum Gasteiger partial charge on any atom is 0.328 e. The summed E-state index contributed by atoms with van der Waals surface area (Å²) in [7, 11) is 2.37. The normalized spacial score (nSPS) is 18.7. The summed E-state index contributed by atoms with van der Waals surface area (Å²) in [6, 6.07) is 1.61. The molecule has 2 atom stereocenters. The van der Waals surface area contributed by atoms with E-state index in [1.54, 1.807) is 28.4 Å². The van der Waals surface area contributed by atoms with Crippen molar-refractivity contribution in [2.24, 2.45) is 0 Å². The quantitative estimate of drug-likeness (QED) is 0.571. The number of hydrogen-bond donors (Lipinski definition) is 0. The van der Waals surface area contributed by atoms with Gasteiger partial charge in [0.25, 0.3) is 0 Å². The van der Waals surface area contributed by atoms with Crippen LogP contribution in [0.25, 0.3) is 0 Å². The van der Waals surface area contributed by atoms with Crippen LogP contribution in [0.15, 0.2) is 0 Å². The van der Waals surface area contributed by atoms with Crippen molar-refractivity contribution < 1.29 is 22.4 Å². The van der Waals surface area contributed by atoms with Crippen LogP contribution in [0.4, 0.5) is 0 Å². The molecule has 0 aromatic carbocycles. The highest BCUT2D eigenvalue weighted by Gasteiger charge is 2.41. The number of methoxy groups -OCH3 is 2. The first-order chi connectivity index (χ1) is 7.95. The van der Waals surface area contributed by atoms with Crippen LogP contribution in [0.5, 0.6) is 0 Å². The van der Waals surface area contributed by atoms with E-state index < -0.39 is 17.1 Å². The Hall–Kier alpha value is 0.234. The van der Waals surface area contributed by atoms with Crippen LogP contribution in [0.1, 0.15) is 0 Å². The van der Waals surface area contributed by atoms with Gasteiger partial charge in [-0.15, -0.1) is 0 Å². The molecule has 0 saturated heterocycles. The van der Waals surface area contributed by atoms with Crippen molar-refractivity contribution in [3.63, 3.8) is 0 Å². The lowest BCUT2D eigenvalue weighted by molar-refractivity contribution is 0.180. The van der Waals surface area contributed by atoms with E-state index >= 15 is 0 Å². The third-order valence-corrected chi connectivity index (χ3v) is 10.2. The van der Waals surface area contributed by atoms with Crippen molar-refractivity contribution in [3.05, 3.63) is 0 Å². The second-order valence-electron chi connectivity index (χ2n) is 4.26. The van der Waals surface area contributed by atoms with Crippen LogP contribution in [-0.4, -0.2) is 58.8 Å². The molecular formula is C10H26O5Si2. The predicted molar refractivity (Wildman–Crippen MR) is 71.7 cm³/mol.